The molecule has 1 N–H and O–H groups in total. The zero-order valence-corrected chi connectivity index (χ0v) is 16.0. The van der Waals surface area contributed by atoms with E-state index in [-0.39, 0.29) is 17.9 Å². The van der Waals surface area contributed by atoms with E-state index in [9.17, 15) is 4.79 Å². The first kappa shape index (κ1) is 18.0. The summed E-state index contributed by atoms with van der Waals surface area (Å²) in [5.41, 5.74) is 1.61. The first-order chi connectivity index (χ1) is 13.2. The molecule has 4 rings (SSSR count). The van der Waals surface area contributed by atoms with Gasteiger partial charge < -0.3 is 19.5 Å². The third-order valence-corrected chi connectivity index (χ3v) is 5.54. The zero-order chi connectivity index (χ0) is 18.8. The van der Waals surface area contributed by atoms with E-state index in [1.54, 1.807) is 13.2 Å². The lowest BCUT2D eigenvalue weighted by molar-refractivity contribution is 0.0926. The van der Waals surface area contributed by atoms with Gasteiger partial charge in [0.25, 0.3) is 5.91 Å². The summed E-state index contributed by atoms with van der Waals surface area (Å²) in [6.45, 7) is 5.01. The number of likely N-dealkylation sites (tertiary alicyclic amines) is 1. The van der Waals surface area contributed by atoms with E-state index in [1.165, 1.54) is 5.56 Å². The molecule has 1 saturated heterocycles. The smallest absolute Gasteiger partial charge is 0.273 e. The summed E-state index contributed by atoms with van der Waals surface area (Å²) < 4.78 is 10.6. The number of aromatic nitrogens is 1. The lowest BCUT2D eigenvalue weighted by Crippen LogP contribution is -2.40. The highest BCUT2D eigenvalue weighted by molar-refractivity contribution is 5.92. The minimum Gasteiger partial charge on any atom is -0.497 e. The van der Waals surface area contributed by atoms with E-state index in [4.69, 9.17) is 9.26 Å². The Morgan fingerprint density at radius 2 is 2.07 bits per heavy atom. The molecule has 6 heteroatoms. The van der Waals surface area contributed by atoms with Gasteiger partial charge in [-0.05, 0) is 43.5 Å². The molecule has 1 aromatic carbocycles. The van der Waals surface area contributed by atoms with Crippen molar-refractivity contribution in [3.8, 4) is 5.75 Å². The lowest BCUT2D eigenvalue weighted by atomic mass is 9.94. The molecule has 1 aromatic heterocycles. The van der Waals surface area contributed by atoms with Crippen molar-refractivity contribution in [1.29, 1.82) is 0 Å². The maximum atomic E-state index is 12.7. The first-order valence-electron chi connectivity index (χ1n) is 9.81. The summed E-state index contributed by atoms with van der Waals surface area (Å²) in [6.07, 6.45) is 3.36. The number of benzene rings is 1. The summed E-state index contributed by atoms with van der Waals surface area (Å²) >= 11 is 0. The van der Waals surface area contributed by atoms with Crippen LogP contribution in [0.1, 0.15) is 59.8 Å². The van der Waals surface area contributed by atoms with Crippen LogP contribution < -0.4 is 10.1 Å². The minimum absolute atomic E-state index is 0.0542. The lowest BCUT2D eigenvalue weighted by Gasteiger charge is -2.20. The highest BCUT2D eigenvalue weighted by Crippen LogP contribution is 2.40. The second-order valence-corrected chi connectivity index (χ2v) is 7.61. The molecule has 2 aromatic rings. The molecule has 2 fully saturated rings. The van der Waals surface area contributed by atoms with Crippen molar-refractivity contribution in [3.63, 3.8) is 0 Å². The van der Waals surface area contributed by atoms with Crippen LogP contribution >= 0.6 is 0 Å². The van der Waals surface area contributed by atoms with Crippen molar-refractivity contribution in [2.75, 3.05) is 26.7 Å². The van der Waals surface area contributed by atoms with Crippen LogP contribution in [-0.2, 0) is 0 Å². The van der Waals surface area contributed by atoms with E-state index < -0.39 is 0 Å². The number of carbonyl (C=O) groups is 1. The number of amides is 1. The average molecular weight is 369 g/mol. The summed E-state index contributed by atoms with van der Waals surface area (Å²) in [6, 6.07) is 10.0. The Labute approximate surface area is 159 Å². The zero-order valence-electron chi connectivity index (χ0n) is 16.0. The molecule has 1 saturated carbocycles. The summed E-state index contributed by atoms with van der Waals surface area (Å²) in [4.78, 5) is 15.1. The molecule has 1 aliphatic heterocycles. The van der Waals surface area contributed by atoms with Crippen LogP contribution in [0, 0.1) is 0 Å². The number of ether oxygens (including phenoxy) is 1. The van der Waals surface area contributed by atoms with Gasteiger partial charge in [0.15, 0.2) is 5.69 Å². The molecule has 1 aliphatic carbocycles. The van der Waals surface area contributed by atoms with Gasteiger partial charge in [-0.1, -0.05) is 24.2 Å². The minimum atomic E-state index is -0.146. The van der Waals surface area contributed by atoms with Crippen LogP contribution in [0.5, 0.6) is 5.75 Å². The Bertz CT molecular complexity index is 782. The van der Waals surface area contributed by atoms with Gasteiger partial charge in [-0.3, -0.25) is 4.79 Å². The first-order valence-corrected chi connectivity index (χ1v) is 9.81. The van der Waals surface area contributed by atoms with Crippen LogP contribution in [0.4, 0.5) is 0 Å². The topological polar surface area (TPSA) is 67.6 Å². The average Bonchev–Trinajstić information content (AvgIpc) is 3.28. The van der Waals surface area contributed by atoms with Gasteiger partial charge in [0.2, 0.25) is 0 Å². The molecule has 2 atom stereocenters. The van der Waals surface area contributed by atoms with Crippen molar-refractivity contribution in [2.45, 2.75) is 44.1 Å². The van der Waals surface area contributed by atoms with Crippen molar-refractivity contribution >= 4 is 5.91 Å². The standard InChI is InChI=1S/C21H27N3O3/c1-3-10-24-12-17(14-6-8-16(26-2)9-7-14)19(13-24)22-21(25)18-11-20(27-23-18)15-4-5-15/h6-9,11,15,17,19H,3-5,10,12-13H2,1-2H3,(H,22,25)/t17-,19+/m1/s1. The second-order valence-electron chi connectivity index (χ2n) is 7.61. The number of rotatable bonds is 7. The fourth-order valence-electron chi connectivity index (χ4n) is 3.92. The third kappa shape index (κ3) is 4.00. The summed E-state index contributed by atoms with van der Waals surface area (Å²) in [5.74, 6) is 2.25. The van der Waals surface area contributed by atoms with Crippen LogP contribution in [0.15, 0.2) is 34.9 Å². The van der Waals surface area contributed by atoms with Gasteiger partial charge in [0.1, 0.15) is 11.5 Å². The predicted molar refractivity (Wildman–Crippen MR) is 102 cm³/mol. The van der Waals surface area contributed by atoms with E-state index >= 15 is 0 Å². The number of hydrogen-bond donors (Lipinski definition) is 1. The molecule has 2 aliphatic rings. The van der Waals surface area contributed by atoms with Gasteiger partial charge in [-0.25, -0.2) is 0 Å². The molecule has 27 heavy (non-hydrogen) atoms. The number of nitrogens with zero attached hydrogens (tertiary/aromatic N) is 2. The quantitative estimate of drug-likeness (QED) is 0.812. The number of carbonyl (C=O) groups excluding carboxylic acids is 1. The van der Waals surface area contributed by atoms with E-state index in [0.29, 0.717) is 11.6 Å². The molecule has 0 radical (unpaired) electrons. The fraction of sp³-hybridized carbons (Fsp3) is 0.524. The second kappa shape index (κ2) is 7.72. The maximum absolute atomic E-state index is 12.7. The Morgan fingerprint density at radius 1 is 1.30 bits per heavy atom. The fourth-order valence-corrected chi connectivity index (χ4v) is 3.92. The van der Waals surface area contributed by atoms with Crippen LogP contribution in [0.25, 0.3) is 0 Å². The van der Waals surface area contributed by atoms with Crippen LogP contribution in [0.2, 0.25) is 0 Å². The molecule has 1 amide bonds. The Kier molecular flexibility index (Phi) is 5.16. The van der Waals surface area contributed by atoms with E-state index in [2.05, 4.69) is 34.4 Å². The van der Waals surface area contributed by atoms with Gasteiger partial charge in [0, 0.05) is 37.0 Å². The molecule has 6 nitrogen and oxygen atoms in total. The maximum Gasteiger partial charge on any atom is 0.273 e. The molecule has 0 bridgehead atoms. The summed E-state index contributed by atoms with van der Waals surface area (Å²) in [7, 11) is 1.67. The molecular formula is C21H27N3O3. The molecule has 0 unspecified atom stereocenters. The third-order valence-electron chi connectivity index (χ3n) is 5.54. The molecular weight excluding hydrogens is 342 g/mol. The highest BCUT2D eigenvalue weighted by Gasteiger charge is 2.35. The van der Waals surface area contributed by atoms with Crippen molar-refractivity contribution in [3.05, 3.63) is 47.3 Å². The largest absolute Gasteiger partial charge is 0.497 e. The van der Waals surface area contributed by atoms with Gasteiger partial charge in [-0.15, -0.1) is 0 Å². The van der Waals surface area contributed by atoms with Crippen LogP contribution in [0.3, 0.4) is 0 Å². The van der Waals surface area contributed by atoms with Gasteiger partial charge >= 0.3 is 0 Å². The van der Waals surface area contributed by atoms with E-state index in [0.717, 1.165) is 50.4 Å². The number of nitrogens with one attached hydrogen (secondary N) is 1. The Morgan fingerprint density at radius 3 is 2.74 bits per heavy atom. The van der Waals surface area contributed by atoms with E-state index in [1.807, 2.05) is 12.1 Å². The highest BCUT2D eigenvalue weighted by atomic mass is 16.5. The van der Waals surface area contributed by atoms with Crippen molar-refractivity contribution in [2.24, 2.45) is 0 Å². The summed E-state index contributed by atoms with van der Waals surface area (Å²) in [5, 5.41) is 7.18. The monoisotopic (exact) mass is 369 g/mol. The van der Waals surface area contributed by atoms with Gasteiger partial charge in [-0.2, -0.15) is 0 Å². The van der Waals surface area contributed by atoms with Crippen molar-refractivity contribution in [1.82, 2.24) is 15.4 Å². The normalized spacial score (nSPS) is 22.7. The van der Waals surface area contributed by atoms with Gasteiger partial charge in [0.05, 0.1) is 7.11 Å². The molecule has 2 heterocycles. The number of methoxy groups -OCH3 is 1. The predicted octanol–water partition coefficient (Wildman–Crippen LogP) is 3.17. The Balaban J connectivity index is 1.48. The molecule has 144 valence electrons. The van der Waals surface area contributed by atoms with Crippen LogP contribution in [-0.4, -0.2) is 48.7 Å². The Hall–Kier alpha value is -2.34. The SMILES string of the molecule is CCCN1C[C@H](NC(=O)c2cc(C3CC3)on2)[C@@H](c2ccc(OC)cc2)C1. The number of hydrogen-bond acceptors (Lipinski definition) is 5. The molecule has 0 spiro atoms. The van der Waals surface area contributed by atoms with Crippen molar-refractivity contribution < 1.29 is 14.1 Å².